The van der Waals surface area contributed by atoms with Crippen LogP contribution < -0.4 is 5.73 Å². The number of aryl methyl sites for hydroxylation is 1. The van der Waals surface area contributed by atoms with E-state index in [1.54, 1.807) is 0 Å². The number of aliphatic hydroxyl groups excluding tert-OH is 1. The molecule has 3 nitrogen and oxygen atoms in total. The Morgan fingerprint density at radius 3 is 2.89 bits per heavy atom. The van der Waals surface area contributed by atoms with Crippen molar-refractivity contribution >= 4 is 11.3 Å². The summed E-state index contributed by atoms with van der Waals surface area (Å²) in [7, 11) is 0. The number of rotatable bonds is 6. The van der Waals surface area contributed by atoms with Crippen molar-refractivity contribution in [1.82, 2.24) is 4.90 Å². The van der Waals surface area contributed by atoms with Gasteiger partial charge in [-0.1, -0.05) is 0 Å². The standard InChI is InChI=1S/C15H26N2OS/c1-11-7-8-14(19-11)15(12(2)16)17-9-3-5-13(17)6-4-10-18/h7-8,12-13,15,18H,3-6,9-10,16H2,1-2H3. The molecule has 3 atom stereocenters. The first-order chi connectivity index (χ1) is 9.13. The molecule has 2 rings (SSSR count). The highest BCUT2D eigenvalue weighted by Gasteiger charge is 2.33. The minimum absolute atomic E-state index is 0.146. The van der Waals surface area contributed by atoms with E-state index in [2.05, 4.69) is 30.9 Å². The zero-order valence-electron chi connectivity index (χ0n) is 12.0. The Morgan fingerprint density at radius 2 is 2.32 bits per heavy atom. The van der Waals surface area contributed by atoms with Crippen molar-refractivity contribution in [2.45, 2.75) is 57.7 Å². The van der Waals surface area contributed by atoms with Crippen LogP contribution >= 0.6 is 11.3 Å². The third kappa shape index (κ3) is 3.57. The average Bonchev–Trinajstić information content (AvgIpc) is 2.97. The molecule has 0 spiro atoms. The summed E-state index contributed by atoms with van der Waals surface area (Å²) in [5.41, 5.74) is 6.26. The molecule has 1 aliphatic rings. The summed E-state index contributed by atoms with van der Waals surface area (Å²) < 4.78 is 0. The fraction of sp³-hybridized carbons (Fsp3) is 0.733. The van der Waals surface area contributed by atoms with Gasteiger partial charge in [-0.15, -0.1) is 11.3 Å². The van der Waals surface area contributed by atoms with Crippen LogP contribution in [0.15, 0.2) is 12.1 Å². The average molecular weight is 282 g/mol. The molecule has 4 heteroatoms. The molecule has 0 aromatic carbocycles. The van der Waals surface area contributed by atoms with Gasteiger partial charge in [-0.05, 0) is 58.2 Å². The number of hydrogen-bond acceptors (Lipinski definition) is 4. The third-order valence-corrected chi connectivity index (χ3v) is 5.10. The topological polar surface area (TPSA) is 49.5 Å². The second-order valence-electron chi connectivity index (χ2n) is 5.65. The summed E-state index contributed by atoms with van der Waals surface area (Å²) in [6.07, 6.45) is 4.48. The summed E-state index contributed by atoms with van der Waals surface area (Å²) in [5, 5.41) is 9.04. The number of nitrogens with zero attached hydrogens (tertiary/aromatic N) is 1. The number of aliphatic hydroxyl groups is 1. The first-order valence-electron chi connectivity index (χ1n) is 7.32. The lowest BCUT2D eigenvalue weighted by atomic mass is 10.0. The van der Waals surface area contributed by atoms with Crippen LogP contribution in [0.25, 0.3) is 0 Å². The van der Waals surface area contributed by atoms with Crippen LogP contribution in [0.5, 0.6) is 0 Å². The van der Waals surface area contributed by atoms with Gasteiger partial charge in [-0.25, -0.2) is 0 Å². The molecule has 0 radical (unpaired) electrons. The Bertz CT molecular complexity index is 391. The van der Waals surface area contributed by atoms with E-state index in [1.165, 1.54) is 22.6 Å². The van der Waals surface area contributed by atoms with Crippen molar-refractivity contribution in [1.29, 1.82) is 0 Å². The zero-order chi connectivity index (χ0) is 13.8. The Kier molecular flexibility index (Phi) is 5.39. The Morgan fingerprint density at radius 1 is 1.53 bits per heavy atom. The van der Waals surface area contributed by atoms with Gasteiger partial charge in [-0.3, -0.25) is 4.90 Å². The molecule has 1 aliphatic heterocycles. The minimum atomic E-state index is 0.146. The van der Waals surface area contributed by atoms with E-state index >= 15 is 0 Å². The molecule has 0 aliphatic carbocycles. The summed E-state index contributed by atoms with van der Waals surface area (Å²) >= 11 is 1.87. The summed E-state index contributed by atoms with van der Waals surface area (Å²) in [4.78, 5) is 5.32. The highest BCUT2D eigenvalue weighted by molar-refractivity contribution is 7.12. The maximum absolute atomic E-state index is 9.04. The monoisotopic (exact) mass is 282 g/mol. The SMILES string of the molecule is Cc1ccc(C(C(C)N)N2CCCC2CCCO)s1. The molecule has 19 heavy (non-hydrogen) atoms. The van der Waals surface area contributed by atoms with Crippen molar-refractivity contribution in [3.05, 3.63) is 21.9 Å². The summed E-state index contributed by atoms with van der Waals surface area (Å²) in [6, 6.07) is 5.49. The molecule has 3 unspecified atom stereocenters. The van der Waals surface area contributed by atoms with Crippen LogP contribution in [0, 0.1) is 6.92 Å². The van der Waals surface area contributed by atoms with Crippen LogP contribution in [0.1, 0.15) is 48.4 Å². The van der Waals surface area contributed by atoms with Crippen molar-refractivity contribution in [3.63, 3.8) is 0 Å². The van der Waals surface area contributed by atoms with Gasteiger partial charge in [0.1, 0.15) is 0 Å². The van der Waals surface area contributed by atoms with Crippen molar-refractivity contribution in [3.8, 4) is 0 Å². The molecule has 1 fully saturated rings. The number of likely N-dealkylation sites (tertiary alicyclic amines) is 1. The third-order valence-electron chi connectivity index (χ3n) is 4.03. The molecule has 108 valence electrons. The zero-order valence-corrected chi connectivity index (χ0v) is 12.8. The van der Waals surface area contributed by atoms with Gasteiger partial charge in [0.25, 0.3) is 0 Å². The first-order valence-corrected chi connectivity index (χ1v) is 8.13. The van der Waals surface area contributed by atoms with E-state index in [9.17, 15) is 0 Å². The van der Waals surface area contributed by atoms with E-state index in [1.807, 2.05) is 11.3 Å². The highest BCUT2D eigenvalue weighted by atomic mass is 32.1. The Balaban J connectivity index is 2.14. The first kappa shape index (κ1) is 15.0. The molecule has 1 saturated heterocycles. The summed E-state index contributed by atoms with van der Waals surface area (Å²) in [5.74, 6) is 0. The predicted molar refractivity (Wildman–Crippen MR) is 81.5 cm³/mol. The minimum Gasteiger partial charge on any atom is -0.396 e. The quantitative estimate of drug-likeness (QED) is 0.843. The molecular formula is C15H26N2OS. The molecule has 2 heterocycles. The molecule has 1 aromatic heterocycles. The number of nitrogens with two attached hydrogens (primary N) is 1. The van der Waals surface area contributed by atoms with Gasteiger partial charge < -0.3 is 10.8 Å². The van der Waals surface area contributed by atoms with E-state index in [0.29, 0.717) is 18.7 Å². The second-order valence-corrected chi connectivity index (χ2v) is 6.97. The smallest absolute Gasteiger partial charge is 0.0593 e. The fourth-order valence-electron chi connectivity index (χ4n) is 3.20. The predicted octanol–water partition coefficient (Wildman–Crippen LogP) is 2.68. The summed E-state index contributed by atoms with van der Waals surface area (Å²) in [6.45, 7) is 5.70. The normalized spacial score (nSPS) is 23.7. The fourth-order valence-corrected chi connectivity index (χ4v) is 4.31. The Hall–Kier alpha value is -0.420. The van der Waals surface area contributed by atoms with Crippen LogP contribution in [-0.2, 0) is 0 Å². The second kappa shape index (κ2) is 6.84. The van der Waals surface area contributed by atoms with Crippen LogP contribution in [0.2, 0.25) is 0 Å². The maximum atomic E-state index is 9.04. The van der Waals surface area contributed by atoms with Gasteiger partial charge in [0.05, 0.1) is 6.04 Å². The lowest BCUT2D eigenvalue weighted by molar-refractivity contribution is 0.148. The van der Waals surface area contributed by atoms with Gasteiger partial charge in [0.15, 0.2) is 0 Å². The van der Waals surface area contributed by atoms with Gasteiger partial charge in [0.2, 0.25) is 0 Å². The molecule has 0 bridgehead atoms. The molecule has 0 amide bonds. The van der Waals surface area contributed by atoms with Crippen molar-refractivity contribution in [2.24, 2.45) is 5.73 Å². The van der Waals surface area contributed by atoms with Crippen molar-refractivity contribution < 1.29 is 5.11 Å². The lowest BCUT2D eigenvalue weighted by Gasteiger charge is -2.35. The number of thiophene rings is 1. The van der Waals surface area contributed by atoms with E-state index in [0.717, 1.165) is 19.4 Å². The van der Waals surface area contributed by atoms with Gasteiger partial charge in [0, 0.05) is 28.4 Å². The molecular weight excluding hydrogens is 256 g/mol. The van der Waals surface area contributed by atoms with E-state index in [4.69, 9.17) is 10.8 Å². The molecule has 1 aromatic rings. The highest BCUT2D eigenvalue weighted by Crippen LogP contribution is 2.36. The molecule has 0 saturated carbocycles. The van der Waals surface area contributed by atoms with Crippen molar-refractivity contribution in [2.75, 3.05) is 13.2 Å². The largest absolute Gasteiger partial charge is 0.396 e. The van der Waals surface area contributed by atoms with Crippen LogP contribution in [0.3, 0.4) is 0 Å². The molecule has 3 N–H and O–H groups in total. The lowest BCUT2D eigenvalue weighted by Crippen LogP contribution is -2.41. The van der Waals surface area contributed by atoms with E-state index < -0.39 is 0 Å². The van der Waals surface area contributed by atoms with Crippen LogP contribution in [-0.4, -0.2) is 35.2 Å². The van der Waals surface area contributed by atoms with Gasteiger partial charge >= 0.3 is 0 Å². The van der Waals surface area contributed by atoms with Gasteiger partial charge in [-0.2, -0.15) is 0 Å². The Labute approximate surface area is 120 Å². The maximum Gasteiger partial charge on any atom is 0.0593 e. The van der Waals surface area contributed by atoms with Crippen LogP contribution in [0.4, 0.5) is 0 Å². The van der Waals surface area contributed by atoms with E-state index in [-0.39, 0.29) is 6.04 Å². The number of hydrogen-bond donors (Lipinski definition) is 2.